The zero-order valence-corrected chi connectivity index (χ0v) is 19.1. The van der Waals surface area contributed by atoms with Gasteiger partial charge in [0.05, 0.1) is 11.4 Å². The number of benzene rings is 3. The molecule has 0 aliphatic heterocycles. The normalized spacial score (nSPS) is 11.7. The zero-order valence-electron chi connectivity index (χ0n) is 19.1. The lowest BCUT2D eigenvalue weighted by Gasteiger charge is -2.19. The van der Waals surface area contributed by atoms with Gasteiger partial charge in [0.25, 0.3) is 11.8 Å². The predicted octanol–water partition coefficient (Wildman–Crippen LogP) is 4.89. The van der Waals surface area contributed by atoms with E-state index in [0.29, 0.717) is 28.1 Å². The van der Waals surface area contributed by atoms with Gasteiger partial charge in [0, 0.05) is 16.7 Å². The minimum Gasteiger partial charge on any atom is -0.409 e. The van der Waals surface area contributed by atoms with E-state index in [-0.39, 0.29) is 17.2 Å². The van der Waals surface area contributed by atoms with E-state index < -0.39 is 5.91 Å². The van der Waals surface area contributed by atoms with Crippen LogP contribution in [0.4, 0.5) is 11.4 Å². The third-order valence-corrected chi connectivity index (χ3v) is 5.21. The van der Waals surface area contributed by atoms with Crippen LogP contribution in [-0.4, -0.2) is 22.9 Å². The van der Waals surface area contributed by atoms with Gasteiger partial charge in [-0.1, -0.05) is 56.3 Å². The monoisotopic (exact) mass is 444 g/mol. The van der Waals surface area contributed by atoms with Crippen LogP contribution in [0.15, 0.2) is 71.9 Å². The molecule has 3 rings (SSSR count). The number of nitrogens with zero attached hydrogens (tertiary/aromatic N) is 1. The number of hydrogen-bond donors (Lipinski definition) is 4. The van der Waals surface area contributed by atoms with Gasteiger partial charge >= 0.3 is 0 Å². The average molecular weight is 445 g/mol. The van der Waals surface area contributed by atoms with Gasteiger partial charge < -0.3 is 21.6 Å². The summed E-state index contributed by atoms with van der Waals surface area (Å²) in [7, 11) is 0. The Bertz CT molecular complexity index is 1210. The number of nitrogens with one attached hydrogen (secondary N) is 2. The number of aryl methyl sites for hydroxylation is 1. The Morgan fingerprint density at radius 2 is 1.42 bits per heavy atom. The van der Waals surface area contributed by atoms with Crippen LogP contribution >= 0.6 is 0 Å². The standard InChI is InChI=1S/C26H28N4O3/c1-16-8-13-21(28-24(31)17-9-11-20(12-10-17)26(2,3)4)22(14-16)29-25(32)19-7-5-6-18(15-19)23(27)30-33/h5-15,33H,1-4H3,(H2,27,30)(H,28,31)(H,29,32). The SMILES string of the molecule is Cc1ccc(NC(=O)c2ccc(C(C)(C)C)cc2)c(NC(=O)c2cccc(/C(N)=N/O)c2)c1. The summed E-state index contributed by atoms with van der Waals surface area (Å²) in [6.45, 7) is 8.24. The summed E-state index contributed by atoms with van der Waals surface area (Å²) in [6, 6.07) is 19.3. The molecule has 0 aromatic heterocycles. The Morgan fingerprint density at radius 3 is 2.06 bits per heavy atom. The molecule has 0 bridgehead atoms. The van der Waals surface area contributed by atoms with E-state index in [4.69, 9.17) is 10.9 Å². The molecule has 0 unspecified atom stereocenters. The summed E-state index contributed by atoms with van der Waals surface area (Å²) in [4.78, 5) is 25.7. The van der Waals surface area contributed by atoms with Crippen LogP contribution in [0.3, 0.4) is 0 Å². The second-order valence-electron chi connectivity index (χ2n) is 8.85. The van der Waals surface area contributed by atoms with E-state index in [9.17, 15) is 9.59 Å². The van der Waals surface area contributed by atoms with Gasteiger partial charge in [-0.3, -0.25) is 9.59 Å². The maximum Gasteiger partial charge on any atom is 0.255 e. The van der Waals surface area contributed by atoms with Crippen LogP contribution in [0.25, 0.3) is 0 Å². The highest BCUT2D eigenvalue weighted by Gasteiger charge is 2.16. The Hall–Kier alpha value is -4.13. The number of hydrogen-bond acceptors (Lipinski definition) is 4. The molecule has 7 heteroatoms. The summed E-state index contributed by atoms with van der Waals surface area (Å²) >= 11 is 0. The number of oxime groups is 1. The molecule has 7 nitrogen and oxygen atoms in total. The topological polar surface area (TPSA) is 117 Å². The number of carbonyl (C=O) groups excluding carboxylic acids is 2. The second kappa shape index (κ2) is 9.56. The number of carbonyl (C=O) groups is 2. The van der Waals surface area contributed by atoms with Crippen molar-refractivity contribution in [2.45, 2.75) is 33.1 Å². The number of amides is 2. The minimum absolute atomic E-state index is 0.00554. The average Bonchev–Trinajstić information content (AvgIpc) is 2.79. The largest absolute Gasteiger partial charge is 0.409 e. The fourth-order valence-corrected chi connectivity index (χ4v) is 3.26. The lowest BCUT2D eigenvalue weighted by atomic mass is 9.87. The molecule has 170 valence electrons. The van der Waals surface area contributed by atoms with Crippen molar-refractivity contribution in [1.82, 2.24) is 0 Å². The van der Waals surface area contributed by atoms with E-state index in [1.807, 2.05) is 25.1 Å². The lowest BCUT2D eigenvalue weighted by Crippen LogP contribution is -2.18. The highest BCUT2D eigenvalue weighted by Crippen LogP contribution is 2.26. The lowest BCUT2D eigenvalue weighted by molar-refractivity contribution is 0.101. The predicted molar refractivity (Wildman–Crippen MR) is 131 cm³/mol. The smallest absolute Gasteiger partial charge is 0.255 e. The third kappa shape index (κ3) is 5.77. The van der Waals surface area contributed by atoms with Crippen LogP contribution in [0.5, 0.6) is 0 Å². The first-order valence-corrected chi connectivity index (χ1v) is 10.5. The molecule has 0 atom stereocenters. The summed E-state index contributed by atoms with van der Waals surface area (Å²) in [5, 5.41) is 17.6. The molecule has 0 fully saturated rings. The van der Waals surface area contributed by atoms with Crippen LogP contribution in [0.1, 0.15) is 58.2 Å². The van der Waals surface area contributed by atoms with Crippen molar-refractivity contribution in [2.24, 2.45) is 10.9 Å². The molecular formula is C26H28N4O3. The van der Waals surface area contributed by atoms with Crippen LogP contribution in [0.2, 0.25) is 0 Å². The summed E-state index contributed by atoms with van der Waals surface area (Å²) < 4.78 is 0. The maximum atomic E-state index is 12.9. The quantitative estimate of drug-likeness (QED) is 0.194. The van der Waals surface area contributed by atoms with Crippen molar-refractivity contribution in [3.63, 3.8) is 0 Å². The van der Waals surface area contributed by atoms with Gasteiger partial charge in [-0.25, -0.2) is 0 Å². The Morgan fingerprint density at radius 1 is 0.818 bits per heavy atom. The molecule has 3 aromatic carbocycles. The molecule has 2 amide bonds. The number of rotatable bonds is 5. The Balaban J connectivity index is 1.82. The first-order valence-electron chi connectivity index (χ1n) is 10.5. The first-order chi connectivity index (χ1) is 15.6. The molecular weight excluding hydrogens is 416 g/mol. The van der Waals surface area contributed by atoms with Gasteiger partial charge in [0.15, 0.2) is 5.84 Å². The number of amidine groups is 1. The second-order valence-corrected chi connectivity index (χ2v) is 8.85. The molecule has 3 aromatic rings. The Labute approximate surface area is 193 Å². The van der Waals surface area contributed by atoms with Crippen LogP contribution < -0.4 is 16.4 Å². The highest BCUT2D eigenvalue weighted by molar-refractivity contribution is 6.10. The fourth-order valence-electron chi connectivity index (χ4n) is 3.26. The number of anilines is 2. The summed E-state index contributed by atoms with van der Waals surface area (Å²) in [6.07, 6.45) is 0. The molecule has 0 saturated heterocycles. The van der Waals surface area contributed by atoms with Crippen LogP contribution in [-0.2, 0) is 5.41 Å². The third-order valence-electron chi connectivity index (χ3n) is 5.21. The van der Waals surface area contributed by atoms with Crippen molar-refractivity contribution in [3.05, 3.63) is 94.5 Å². The molecule has 0 aliphatic carbocycles. The van der Waals surface area contributed by atoms with Crippen molar-refractivity contribution < 1.29 is 14.8 Å². The summed E-state index contributed by atoms with van der Waals surface area (Å²) in [5.74, 6) is -0.757. The van der Waals surface area contributed by atoms with Crippen LogP contribution in [0, 0.1) is 6.92 Å². The van der Waals surface area contributed by atoms with Crippen molar-refractivity contribution in [2.75, 3.05) is 10.6 Å². The van der Waals surface area contributed by atoms with E-state index in [1.165, 1.54) is 6.07 Å². The van der Waals surface area contributed by atoms with Gasteiger partial charge in [-0.2, -0.15) is 0 Å². The van der Waals surface area contributed by atoms with Gasteiger partial charge in [-0.05, 0) is 59.9 Å². The highest BCUT2D eigenvalue weighted by atomic mass is 16.4. The first kappa shape index (κ1) is 23.5. The van der Waals surface area contributed by atoms with E-state index in [1.54, 1.807) is 42.5 Å². The van der Waals surface area contributed by atoms with Crippen molar-refractivity contribution in [3.8, 4) is 0 Å². The Kier molecular flexibility index (Phi) is 6.82. The molecule has 0 saturated carbocycles. The van der Waals surface area contributed by atoms with E-state index in [0.717, 1.165) is 11.1 Å². The minimum atomic E-state index is -0.391. The molecule has 0 radical (unpaired) electrons. The van der Waals surface area contributed by atoms with E-state index in [2.05, 4.69) is 36.6 Å². The van der Waals surface area contributed by atoms with Gasteiger partial charge in [-0.15, -0.1) is 0 Å². The van der Waals surface area contributed by atoms with Crippen molar-refractivity contribution in [1.29, 1.82) is 0 Å². The molecule has 0 aliphatic rings. The van der Waals surface area contributed by atoms with Gasteiger partial charge in [0.1, 0.15) is 0 Å². The molecule has 5 N–H and O–H groups in total. The molecule has 0 spiro atoms. The molecule has 33 heavy (non-hydrogen) atoms. The number of nitrogens with two attached hydrogens (primary N) is 1. The van der Waals surface area contributed by atoms with Gasteiger partial charge in [0.2, 0.25) is 0 Å². The maximum absolute atomic E-state index is 12.9. The fraction of sp³-hybridized carbons (Fsp3) is 0.192. The molecule has 0 heterocycles. The van der Waals surface area contributed by atoms with E-state index >= 15 is 0 Å². The van der Waals surface area contributed by atoms with Crippen molar-refractivity contribution >= 4 is 29.0 Å². The zero-order chi connectivity index (χ0) is 24.2. The summed E-state index contributed by atoms with van der Waals surface area (Å²) in [5.41, 5.74) is 9.89.